The van der Waals surface area contributed by atoms with Crippen LogP contribution in [-0.2, 0) is 4.74 Å². The van der Waals surface area contributed by atoms with Gasteiger partial charge >= 0.3 is 5.97 Å². The molecule has 0 unspecified atom stereocenters. The van der Waals surface area contributed by atoms with E-state index >= 15 is 0 Å². The van der Waals surface area contributed by atoms with Crippen molar-refractivity contribution < 1.29 is 19.4 Å². The summed E-state index contributed by atoms with van der Waals surface area (Å²) >= 11 is 0. The summed E-state index contributed by atoms with van der Waals surface area (Å²) in [5, 5.41) is 9.87. The number of carbonyl (C=O) groups is 1. The number of hydrogen-bond acceptors (Lipinski definition) is 4. The van der Waals surface area contributed by atoms with E-state index in [1.54, 1.807) is 6.07 Å². The van der Waals surface area contributed by atoms with E-state index in [1.165, 1.54) is 6.20 Å². The van der Waals surface area contributed by atoms with Crippen molar-refractivity contribution in [2.24, 2.45) is 0 Å². The van der Waals surface area contributed by atoms with Crippen molar-refractivity contribution in [3.05, 3.63) is 36.0 Å². The van der Waals surface area contributed by atoms with Gasteiger partial charge < -0.3 is 14.6 Å². The van der Waals surface area contributed by atoms with Crippen LogP contribution >= 0.6 is 0 Å². The van der Waals surface area contributed by atoms with Gasteiger partial charge in [-0.05, 0) is 19.1 Å². The minimum atomic E-state index is -1.05. The van der Waals surface area contributed by atoms with Crippen LogP contribution in [0.1, 0.15) is 17.3 Å². The van der Waals surface area contributed by atoms with Crippen LogP contribution in [0, 0.1) is 0 Å². The summed E-state index contributed by atoms with van der Waals surface area (Å²) in [5.74, 6) is -0.706. The first-order valence-corrected chi connectivity index (χ1v) is 6.05. The summed E-state index contributed by atoms with van der Waals surface area (Å²) in [5.41, 5.74) is 0.772. The number of fused-ring (bicyclic) bond motifs is 1. The molecule has 1 heterocycles. The number of carboxylic acid groups (broad SMARTS) is 1. The number of para-hydroxylation sites is 1. The van der Waals surface area contributed by atoms with Gasteiger partial charge in [0.15, 0.2) is 0 Å². The molecule has 1 aromatic heterocycles. The third-order valence-corrected chi connectivity index (χ3v) is 2.63. The molecule has 0 aliphatic rings. The maximum absolute atomic E-state index is 11.2. The predicted octanol–water partition coefficient (Wildman–Crippen LogP) is 2.35. The van der Waals surface area contributed by atoms with E-state index in [2.05, 4.69) is 4.98 Å². The van der Waals surface area contributed by atoms with Crippen molar-refractivity contribution in [1.82, 2.24) is 4.98 Å². The maximum atomic E-state index is 11.2. The van der Waals surface area contributed by atoms with Crippen molar-refractivity contribution in [2.45, 2.75) is 6.92 Å². The van der Waals surface area contributed by atoms with Gasteiger partial charge in [-0.15, -0.1) is 0 Å². The van der Waals surface area contributed by atoms with E-state index in [0.717, 1.165) is 0 Å². The summed E-state index contributed by atoms with van der Waals surface area (Å²) in [6.07, 6.45) is 1.32. The fraction of sp³-hybridized carbons (Fsp3) is 0.286. The first-order valence-electron chi connectivity index (χ1n) is 6.05. The van der Waals surface area contributed by atoms with Gasteiger partial charge in [0.1, 0.15) is 17.9 Å². The molecule has 0 saturated heterocycles. The zero-order valence-electron chi connectivity index (χ0n) is 10.6. The number of nitrogens with zero attached hydrogens (tertiary/aromatic N) is 1. The Morgan fingerprint density at radius 3 is 2.84 bits per heavy atom. The number of aromatic carboxylic acids is 1. The summed E-state index contributed by atoms with van der Waals surface area (Å²) in [7, 11) is 0. The Morgan fingerprint density at radius 2 is 2.11 bits per heavy atom. The topological polar surface area (TPSA) is 68.7 Å². The fourth-order valence-electron chi connectivity index (χ4n) is 1.77. The average Bonchev–Trinajstić information content (AvgIpc) is 2.43. The lowest BCUT2D eigenvalue weighted by atomic mass is 10.1. The molecule has 0 atom stereocenters. The Morgan fingerprint density at radius 1 is 1.32 bits per heavy atom. The Bertz CT molecular complexity index is 583. The zero-order chi connectivity index (χ0) is 13.7. The Labute approximate surface area is 110 Å². The third kappa shape index (κ3) is 3.00. The molecular weight excluding hydrogens is 246 g/mol. The number of carboxylic acids is 1. The molecule has 2 aromatic rings. The van der Waals surface area contributed by atoms with Gasteiger partial charge in [-0.1, -0.05) is 12.1 Å². The monoisotopic (exact) mass is 261 g/mol. The highest BCUT2D eigenvalue weighted by atomic mass is 16.5. The molecular formula is C14H15NO4. The number of ether oxygens (including phenoxy) is 2. The van der Waals surface area contributed by atoms with Crippen molar-refractivity contribution in [1.29, 1.82) is 0 Å². The molecule has 5 nitrogen and oxygen atoms in total. The normalized spacial score (nSPS) is 10.6. The second-order valence-electron chi connectivity index (χ2n) is 3.87. The highest BCUT2D eigenvalue weighted by Crippen LogP contribution is 2.28. The number of hydrogen-bond donors (Lipinski definition) is 1. The minimum Gasteiger partial charge on any atom is -0.490 e. The quantitative estimate of drug-likeness (QED) is 0.808. The molecule has 19 heavy (non-hydrogen) atoms. The molecule has 1 aromatic carbocycles. The van der Waals surface area contributed by atoms with Crippen LogP contribution < -0.4 is 4.74 Å². The summed E-state index contributed by atoms with van der Waals surface area (Å²) < 4.78 is 10.7. The zero-order valence-corrected chi connectivity index (χ0v) is 10.6. The SMILES string of the molecule is CCOCCOc1c(C(=O)O)cnc2ccccc12. The van der Waals surface area contributed by atoms with Gasteiger partial charge in [0.25, 0.3) is 0 Å². The molecule has 0 fully saturated rings. The summed E-state index contributed by atoms with van der Waals surface area (Å²) in [6, 6.07) is 7.28. The molecule has 0 spiro atoms. The number of benzene rings is 1. The van der Waals surface area contributed by atoms with Crippen LogP contribution in [-0.4, -0.2) is 35.9 Å². The predicted molar refractivity (Wildman–Crippen MR) is 70.7 cm³/mol. The molecule has 0 amide bonds. The molecule has 0 aliphatic carbocycles. The fourth-order valence-corrected chi connectivity index (χ4v) is 1.77. The smallest absolute Gasteiger partial charge is 0.341 e. The summed E-state index contributed by atoms with van der Waals surface area (Å²) in [6.45, 7) is 3.23. The van der Waals surface area contributed by atoms with E-state index < -0.39 is 5.97 Å². The lowest BCUT2D eigenvalue weighted by Gasteiger charge is -2.11. The minimum absolute atomic E-state index is 0.0650. The Hall–Kier alpha value is -2.14. The summed E-state index contributed by atoms with van der Waals surface area (Å²) in [4.78, 5) is 15.3. The second kappa shape index (κ2) is 6.15. The molecule has 0 saturated carbocycles. The molecule has 2 rings (SSSR count). The van der Waals surface area contributed by atoms with Gasteiger partial charge in [0, 0.05) is 18.2 Å². The van der Waals surface area contributed by atoms with Crippen molar-refractivity contribution in [3.8, 4) is 5.75 Å². The Kier molecular flexibility index (Phi) is 4.30. The molecule has 100 valence electrons. The molecule has 1 N–H and O–H groups in total. The first kappa shape index (κ1) is 13.3. The second-order valence-corrected chi connectivity index (χ2v) is 3.87. The van der Waals surface area contributed by atoms with Gasteiger partial charge in [-0.3, -0.25) is 4.98 Å². The van der Waals surface area contributed by atoms with Crippen molar-refractivity contribution >= 4 is 16.9 Å². The van der Waals surface area contributed by atoms with Crippen LogP contribution in [0.4, 0.5) is 0 Å². The van der Waals surface area contributed by atoms with Gasteiger partial charge in [-0.25, -0.2) is 4.79 Å². The van der Waals surface area contributed by atoms with Gasteiger partial charge in [0.2, 0.25) is 0 Å². The molecule has 0 bridgehead atoms. The lowest BCUT2D eigenvalue weighted by Crippen LogP contribution is -2.10. The Balaban J connectivity index is 2.35. The van der Waals surface area contributed by atoms with E-state index in [4.69, 9.17) is 9.47 Å². The van der Waals surface area contributed by atoms with Gasteiger partial charge in [-0.2, -0.15) is 0 Å². The van der Waals surface area contributed by atoms with Crippen molar-refractivity contribution in [2.75, 3.05) is 19.8 Å². The van der Waals surface area contributed by atoms with Crippen LogP contribution in [0.5, 0.6) is 5.75 Å². The first-order chi connectivity index (χ1) is 9.24. The molecule has 0 radical (unpaired) electrons. The van der Waals surface area contributed by atoms with E-state index in [1.807, 2.05) is 25.1 Å². The van der Waals surface area contributed by atoms with E-state index in [0.29, 0.717) is 36.5 Å². The van der Waals surface area contributed by atoms with Crippen LogP contribution in [0.15, 0.2) is 30.5 Å². The highest BCUT2D eigenvalue weighted by Gasteiger charge is 2.15. The molecule has 5 heteroatoms. The third-order valence-electron chi connectivity index (χ3n) is 2.63. The number of aromatic nitrogens is 1. The largest absolute Gasteiger partial charge is 0.490 e. The highest BCUT2D eigenvalue weighted by molar-refractivity contribution is 5.98. The van der Waals surface area contributed by atoms with Crippen molar-refractivity contribution in [3.63, 3.8) is 0 Å². The average molecular weight is 261 g/mol. The van der Waals surface area contributed by atoms with Crippen LogP contribution in [0.2, 0.25) is 0 Å². The van der Waals surface area contributed by atoms with E-state index in [9.17, 15) is 9.90 Å². The van der Waals surface area contributed by atoms with Gasteiger partial charge in [0.05, 0.1) is 12.1 Å². The lowest BCUT2D eigenvalue weighted by molar-refractivity contribution is 0.0687. The maximum Gasteiger partial charge on any atom is 0.341 e. The molecule has 0 aliphatic heterocycles. The number of pyridine rings is 1. The standard InChI is InChI=1S/C14H15NO4/c1-2-18-7-8-19-13-10-5-3-4-6-12(10)15-9-11(13)14(16)17/h3-6,9H,2,7-8H2,1H3,(H,16,17). The van der Waals surface area contributed by atoms with E-state index in [-0.39, 0.29) is 5.56 Å². The van der Waals surface area contributed by atoms with Crippen LogP contribution in [0.25, 0.3) is 10.9 Å². The number of rotatable bonds is 6. The van der Waals surface area contributed by atoms with Crippen LogP contribution in [0.3, 0.4) is 0 Å².